The van der Waals surface area contributed by atoms with Gasteiger partial charge in [-0.1, -0.05) is 18.2 Å². The summed E-state index contributed by atoms with van der Waals surface area (Å²) in [5.74, 6) is -1.39. The molecule has 126 valence electrons. The van der Waals surface area contributed by atoms with Crippen LogP contribution >= 0.6 is 0 Å². The summed E-state index contributed by atoms with van der Waals surface area (Å²) >= 11 is 0. The number of hydrogen-bond donors (Lipinski definition) is 2. The fourth-order valence-electron chi connectivity index (χ4n) is 2.75. The molecule has 0 bridgehead atoms. The molecule has 7 heteroatoms. The van der Waals surface area contributed by atoms with Crippen LogP contribution in [0.1, 0.15) is 24.2 Å². The number of fused-ring (bicyclic) bond motifs is 1. The molecule has 0 saturated carbocycles. The molecule has 2 aliphatic rings. The summed E-state index contributed by atoms with van der Waals surface area (Å²) in [6, 6.07) is 8.45. The molecule has 0 aromatic heterocycles. The molecule has 3 rings (SSSR count). The highest BCUT2D eigenvalue weighted by Crippen LogP contribution is 2.38. The molecular weight excluding hydrogens is 304 g/mol. The molecule has 2 unspecified atom stereocenters. The van der Waals surface area contributed by atoms with Crippen molar-refractivity contribution in [3.63, 3.8) is 0 Å². The number of carbonyl (C=O) groups excluding carboxylic acids is 1. The Labute approximate surface area is 133 Å². The number of carbonyl (C=O) groups is 1. The van der Waals surface area contributed by atoms with Gasteiger partial charge in [-0.25, -0.2) is 4.79 Å². The summed E-state index contributed by atoms with van der Waals surface area (Å²) < 4.78 is 21.6. The maximum Gasteiger partial charge on any atom is 0.338 e. The van der Waals surface area contributed by atoms with Gasteiger partial charge in [-0.3, -0.25) is 0 Å². The molecule has 1 aromatic carbocycles. The van der Waals surface area contributed by atoms with E-state index in [9.17, 15) is 15.0 Å². The molecule has 2 N–H and O–H groups in total. The normalized spacial score (nSPS) is 33.2. The second-order valence-electron chi connectivity index (χ2n) is 6.09. The van der Waals surface area contributed by atoms with E-state index in [2.05, 4.69) is 0 Å². The van der Waals surface area contributed by atoms with E-state index >= 15 is 0 Å². The molecule has 2 saturated heterocycles. The molecule has 2 aliphatic heterocycles. The van der Waals surface area contributed by atoms with Gasteiger partial charge < -0.3 is 29.2 Å². The van der Waals surface area contributed by atoms with E-state index in [0.29, 0.717) is 5.56 Å². The van der Waals surface area contributed by atoms with Gasteiger partial charge >= 0.3 is 5.97 Å². The van der Waals surface area contributed by atoms with Crippen LogP contribution in [0.5, 0.6) is 0 Å². The lowest BCUT2D eigenvalue weighted by Crippen LogP contribution is -2.43. The zero-order valence-corrected chi connectivity index (χ0v) is 12.9. The fraction of sp³-hybridized carbons (Fsp3) is 0.562. The third-order valence-electron chi connectivity index (χ3n) is 3.83. The van der Waals surface area contributed by atoms with E-state index in [1.54, 1.807) is 44.2 Å². The van der Waals surface area contributed by atoms with Crippen LogP contribution in [-0.2, 0) is 18.9 Å². The summed E-state index contributed by atoms with van der Waals surface area (Å²) in [4.78, 5) is 11.8. The van der Waals surface area contributed by atoms with Gasteiger partial charge in [0.1, 0.15) is 31.0 Å². The van der Waals surface area contributed by atoms with Gasteiger partial charge in [0.15, 0.2) is 12.1 Å². The van der Waals surface area contributed by atoms with Gasteiger partial charge in [0.05, 0.1) is 5.56 Å². The van der Waals surface area contributed by atoms with Gasteiger partial charge in [-0.05, 0) is 26.0 Å². The Hall–Kier alpha value is -1.51. The summed E-state index contributed by atoms with van der Waals surface area (Å²) in [5, 5.41) is 20.3. The first-order valence-electron chi connectivity index (χ1n) is 7.47. The molecule has 2 heterocycles. The van der Waals surface area contributed by atoms with Crippen molar-refractivity contribution in [1.29, 1.82) is 0 Å². The van der Waals surface area contributed by atoms with E-state index < -0.39 is 42.5 Å². The van der Waals surface area contributed by atoms with E-state index in [1.165, 1.54) is 0 Å². The van der Waals surface area contributed by atoms with Crippen molar-refractivity contribution in [1.82, 2.24) is 0 Å². The van der Waals surface area contributed by atoms with Gasteiger partial charge in [0.25, 0.3) is 0 Å². The zero-order valence-electron chi connectivity index (χ0n) is 12.9. The zero-order chi connectivity index (χ0) is 16.6. The number of rotatable bonds is 4. The van der Waals surface area contributed by atoms with Gasteiger partial charge in [0.2, 0.25) is 0 Å². The predicted molar refractivity (Wildman–Crippen MR) is 77.4 cm³/mol. The minimum Gasteiger partial charge on any atom is -0.459 e. The second kappa shape index (κ2) is 6.18. The van der Waals surface area contributed by atoms with Crippen molar-refractivity contribution in [3.8, 4) is 0 Å². The largest absolute Gasteiger partial charge is 0.459 e. The predicted octanol–water partition coefficient (Wildman–Crippen LogP) is 0.442. The Morgan fingerprint density at radius 2 is 2.00 bits per heavy atom. The average molecular weight is 324 g/mol. The van der Waals surface area contributed by atoms with Crippen LogP contribution in [0.3, 0.4) is 0 Å². The molecule has 0 aliphatic carbocycles. The summed E-state index contributed by atoms with van der Waals surface area (Å²) in [6.45, 7) is 3.14. The number of benzene rings is 1. The summed E-state index contributed by atoms with van der Waals surface area (Å²) in [7, 11) is 0. The minimum absolute atomic E-state index is 0.293. The molecule has 1 aromatic rings. The second-order valence-corrected chi connectivity index (χ2v) is 6.09. The number of hydrogen-bond acceptors (Lipinski definition) is 7. The quantitative estimate of drug-likeness (QED) is 0.776. The van der Waals surface area contributed by atoms with Crippen LogP contribution in [0.25, 0.3) is 0 Å². The van der Waals surface area contributed by atoms with Gasteiger partial charge in [-0.2, -0.15) is 0 Å². The van der Waals surface area contributed by atoms with Crippen LogP contribution in [0.2, 0.25) is 0 Å². The third kappa shape index (κ3) is 3.39. The van der Waals surface area contributed by atoms with Crippen molar-refractivity contribution in [3.05, 3.63) is 35.9 Å². The van der Waals surface area contributed by atoms with Gasteiger partial charge in [-0.15, -0.1) is 0 Å². The van der Waals surface area contributed by atoms with Crippen molar-refractivity contribution in [2.75, 3.05) is 6.61 Å². The SMILES string of the molecule is CC1(C)O[C@@H]2OC([C@@H](O)COC(=O)c3ccccc3)C(O)[C@@H]2O1. The number of ether oxygens (including phenoxy) is 4. The smallest absolute Gasteiger partial charge is 0.338 e. The topological polar surface area (TPSA) is 94.5 Å². The molecule has 5 atom stereocenters. The highest BCUT2D eigenvalue weighted by molar-refractivity contribution is 5.89. The standard InChI is InChI=1S/C16H20O7/c1-16(2)22-13-11(18)12(21-15(13)23-16)10(17)8-20-14(19)9-6-4-3-5-7-9/h3-7,10-13,15,17-18H,8H2,1-2H3/t10-,11?,12?,13-,15-/m0/s1. The number of aliphatic hydroxyl groups excluding tert-OH is 2. The lowest BCUT2D eigenvalue weighted by atomic mass is 10.1. The van der Waals surface area contributed by atoms with E-state index in [4.69, 9.17) is 18.9 Å². The number of esters is 1. The molecule has 0 amide bonds. The first-order valence-corrected chi connectivity index (χ1v) is 7.47. The van der Waals surface area contributed by atoms with Crippen LogP contribution in [-0.4, -0.2) is 59.3 Å². The van der Waals surface area contributed by atoms with Crippen LogP contribution in [0.4, 0.5) is 0 Å². The maximum absolute atomic E-state index is 11.8. The first-order chi connectivity index (χ1) is 10.9. The maximum atomic E-state index is 11.8. The van der Waals surface area contributed by atoms with Crippen molar-refractivity contribution in [2.24, 2.45) is 0 Å². The third-order valence-corrected chi connectivity index (χ3v) is 3.83. The Morgan fingerprint density at radius 3 is 2.65 bits per heavy atom. The molecule has 7 nitrogen and oxygen atoms in total. The Balaban J connectivity index is 1.54. The summed E-state index contributed by atoms with van der Waals surface area (Å²) in [5.41, 5.74) is 0.387. The Morgan fingerprint density at radius 1 is 1.30 bits per heavy atom. The van der Waals surface area contributed by atoms with Crippen molar-refractivity contribution < 1.29 is 34.0 Å². The minimum atomic E-state index is -1.18. The van der Waals surface area contributed by atoms with E-state index in [1.807, 2.05) is 0 Å². The highest BCUT2D eigenvalue weighted by atomic mass is 16.8. The lowest BCUT2D eigenvalue weighted by molar-refractivity contribution is -0.227. The molecule has 23 heavy (non-hydrogen) atoms. The van der Waals surface area contributed by atoms with Gasteiger partial charge in [0, 0.05) is 0 Å². The molecular formula is C16H20O7. The molecule has 2 fully saturated rings. The van der Waals surface area contributed by atoms with Crippen LogP contribution < -0.4 is 0 Å². The fourth-order valence-corrected chi connectivity index (χ4v) is 2.75. The van der Waals surface area contributed by atoms with Crippen molar-refractivity contribution in [2.45, 2.75) is 50.3 Å². The molecule has 0 spiro atoms. The van der Waals surface area contributed by atoms with Crippen molar-refractivity contribution >= 4 is 5.97 Å². The average Bonchev–Trinajstić information content (AvgIpc) is 2.99. The van der Waals surface area contributed by atoms with Crippen LogP contribution in [0.15, 0.2) is 30.3 Å². The first kappa shape index (κ1) is 16.4. The monoisotopic (exact) mass is 324 g/mol. The van der Waals surface area contributed by atoms with Crippen LogP contribution in [0, 0.1) is 0 Å². The summed E-state index contributed by atoms with van der Waals surface area (Å²) in [6.07, 6.45) is -4.60. The Bertz CT molecular complexity index is 559. The highest BCUT2D eigenvalue weighted by Gasteiger charge is 2.56. The number of aliphatic hydroxyl groups is 2. The molecule has 0 radical (unpaired) electrons. The van der Waals surface area contributed by atoms with E-state index in [0.717, 1.165) is 0 Å². The Kier molecular flexibility index (Phi) is 4.39. The lowest BCUT2D eigenvalue weighted by Gasteiger charge is -2.25. The van der Waals surface area contributed by atoms with E-state index in [-0.39, 0.29) is 6.61 Å².